The van der Waals surface area contributed by atoms with Gasteiger partial charge in [0.1, 0.15) is 0 Å². The maximum absolute atomic E-state index is 10.9. The van der Waals surface area contributed by atoms with Gasteiger partial charge in [-0.25, -0.2) is 4.79 Å². The van der Waals surface area contributed by atoms with Crippen LogP contribution < -0.4 is 5.32 Å². The van der Waals surface area contributed by atoms with E-state index in [1.54, 1.807) is 4.90 Å². The van der Waals surface area contributed by atoms with Crippen molar-refractivity contribution < 1.29 is 9.90 Å². The monoisotopic (exact) mass is 170 g/mol. The second-order valence-corrected chi connectivity index (χ2v) is 3.59. The molecule has 2 fully saturated rings. The Morgan fingerprint density at radius 3 is 2.33 bits per heavy atom. The molecule has 2 N–H and O–H groups in total. The minimum absolute atomic E-state index is 0.231. The molecule has 2 saturated heterocycles. The molecule has 2 unspecified atom stereocenters. The van der Waals surface area contributed by atoms with Crippen LogP contribution in [0.4, 0.5) is 4.79 Å². The van der Waals surface area contributed by atoms with E-state index in [2.05, 4.69) is 5.32 Å². The Morgan fingerprint density at radius 1 is 1.33 bits per heavy atom. The zero-order chi connectivity index (χ0) is 8.55. The summed E-state index contributed by atoms with van der Waals surface area (Å²) in [5, 5.41) is 12.2. The van der Waals surface area contributed by atoms with Gasteiger partial charge in [-0.1, -0.05) is 0 Å². The van der Waals surface area contributed by atoms with Crippen LogP contribution in [0.5, 0.6) is 0 Å². The van der Waals surface area contributed by atoms with E-state index in [1.807, 2.05) is 0 Å². The zero-order valence-corrected chi connectivity index (χ0v) is 6.99. The first-order valence-electron chi connectivity index (χ1n) is 4.51. The predicted molar refractivity (Wildman–Crippen MR) is 44.2 cm³/mol. The summed E-state index contributed by atoms with van der Waals surface area (Å²) in [7, 11) is 0. The molecule has 0 spiro atoms. The van der Waals surface area contributed by atoms with Gasteiger partial charge in [0.2, 0.25) is 0 Å². The molecule has 0 aliphatic carbocycles. The molecule has 0 aromatic carbocycles. The van der Waals surface area contributed by atoms with Crippen LogP contribution >= 0.6 is 0 Å². The van der Waals surface area contributed by atoms with Crippen molar-refractivity contribution in [2.45, 2.75) is 31.3 Å². The van der Waals surface area contributed by atoms with Crippen LogP contribution in [-0.2, 0) is 0 Å². The minimum atomic E-state index is -0.744. The van der Waals surface area contributed by atoms with Gasteiger partial charge in [-0.15, -0.1) is 0 Å². The van der Waals surface area contributed by atoms with Crippen molar-refractivity contribution in [1.82, 2.24) is 10.2 Å². The molecule has 0 aromatic heterocycles. The Labute approximate surface area is 71.5 Å². The number of nitrogens with one attached hydrogen (secondary N) is 1. The lowest BCUT2D eigenvalue weighted by molar-refractivity contribution is 0.0519. The molecule has 0 radical (unpaired) electrons. The number of piperazine rings is 1. The van der Waals surface area contributed by atoms with E-state index < -0.39 is 6.09 Å². The fraction of sp³-hybridized carbons (Fsp3) is 0.875. The number of nitrogens with zero attached hydrogens (tertiary/aromatic N) is 1. The first kappa shape index (κ1) is 7.86. The Balaban J connectivity index is 2.13. The molecule has 0 saturated carbocycles. The summed E-state index contributed by atoms with van der Waals surface area (Å²) < 4.78 is 0. The average molecular weight is 170 g/mol. The highest BCUT2D eigenvalue weighted by molar-refractivity contribution is 5.66. The Kier molecular flexibility index (Phi) is 1.92. The van der Waals surface area contributed by atoms with Gasteiger partial charge >= 0.3 is 6.09 Å². The lowest BCUT2D eigenvalue weighted by Crippen LogP contribution is -2.61. The van der Waals surface area contributed by atoms with Gasteiger partial charge in [-0.3, -0.25) is 4.90 Å². The van der Waals surface area contributed by atoms with E-state index in [9.17, 15) is 4.79 Å². The van der Waals surface area contributed by atoms with Crippen molar-refractivity contribution in [2.24, 2.45) is 0 Å². The second kappa shape index (κ2) is 2.94. The first-order chi connectivity index (χ1) is 5.79. The third kappa shape index (κ3) is 1.16. The van der Waals surface area contributed by atoms with Gasteiger partial charge < -0.3 is 10.4 Å². The van der Waals surface area contributed by atoms with Crippen LogP contribution in [0.3, 0.4) is 0 Å². The van der Waals surface area contributed by atoms with Gasteiger partial charge in [0.25, 0.3) is 0 Å². The van der Waals surface area contributed by atoms with Gasteiger partial charge in [-0.05, 0) is 19.3 Å². The molecule has 68 valence electrons. The Hall–Kier alpha value is -0.770. The Bertz CT molecular complexity index is 173. The van der Waals surface area contributed by atoms with Crippen molar-refractivity contribution in [1.29, 1.82) is 0 Å². The fourth-order valence-electron chi connectivity index (χ4n) is 2.30. The van der Waals surface area contributed by atoms with E-state index >= 15 is 0 Å². The summed E-state index contributed by atoms with van der Waals surface area (Å²) in [5.74, 6) is 0. The molecule has 4 heteroatoms. The molecule has 2 aliphatic rings. The average Bonchev–Trinajstić information content (AvgIpc) is 2.02. The summed E-state index contributed by atoms with van der Waals surface area (Å²) in [6.45, 7) is 1.67. The van der Waals surface area contributed by atoms with Crippen molar-refractivity contribution >= 4 is 6.09 Å². The van der Waals surface area contributed by atoms with Crippen LogP contribution in [0.1, 0.15) is 19.3 Å². The van der Waals surface area contributed by atoms with Crippen molar-refractivity contribution in [3.05, 3.63) is 0 Å². The number of hydrogen-bond donors (Lipinski definition) is 2. The summed E-state index contributed by atoms with van der Waals surface area (Å²) in [6, 6.07) is 0.463. The molecule has 1 amide bonds. The number of amides is 1. The van der Waals surface area contributed by atoms with E-state index in [0.29, 0.717) is 0 Å². The van der Waals surface area contributed by atoms with E-state index in [1.165, 1.54) is 6.42 Å². The van der Waals surface area contributed by atoms with Gasteiger partial charge in [0.05, 0.1) is 0 Å². The largest absolute Gasteiger partial charge is 0.465 e. The quantitative estimate of drug-likeness (QED) is 0.556. The lowest BCUT2D eigenvalue weighted by Gasteiger charge is -2.44. The number of piperidine rings is 1. The van der Waals surface area contributed by atoms with Crippen LogP contribution in [0.25, 0.3) is 0 Å². The highest BCUT2D eigenvalue weighted by Crippen LogP contribution is 2.24. The zero-order valence-electron chi connectivity index (χ0n) is 6.99. The fourth-order valence-corrected chi connectivity index (χ4v) is 2.30. The van der Waals surface area contributed by atoms with E-state index in [-0.39, 0.29) is 12.1 Å². The highest BCUT2D eigenvalue weighted by atomic mass is 16.4. The van der Waals surface area contributed by atoms with E-state index in [0.717, 1.165) is 25.9 Å². The molecule has 12 heavy (non-hydrogen) atoms. The van der Waals surface area contributed by atoms with Crippen molar-refractivity contribution in [2.75, 3.05) is 13.1 Å². The molecule has 2 rings (SSSR count). The third-order valence-electron chi connectivity index (χ3n) is 2.84. The summed E-state index contributed by atoms with van der Waals surface area (Å²) in [6.07, 6.45) is 2.48. The summed E-state index contributed by atoms with van der Waals surface area (Å²) in [5.41, 5.74) is 0. The lowest BCUT2D eigenvalue weighted by atomic mass is 9.93. The number of carbonyl (C=O) groups is 1. The molecule has 2 aliphatic heterocycles. The van der Waals surface area contributed by atoms with Crippen molar-refractivity contribution in [3.63, 3.8) is 0 Å². The maximum atomic E-state index is 10.9. The summed E-state index contributed by atoms with van der Waals surface area (Å²) in [4.78, 5) is 12.5. The normalized spacial score (nSPS) is 34.8. The molecule has 4 nitrogen and oxygen atoms in total. The second-order valence-electron chi connectivity index (χ2n) is 3.59. The van der Waals surface area contributed by atoms with Gasteiger partial charge in [0, 0.05) is 25.2 Å². The number of rotatable bonds is 0. The third-order valence-corrected chi connectivity index (χ3v) is 2.84. The smallest absolute Gasteiger partial charge is 0.407 e. The highest BCUT2D eigenvalue weighted by Gasteiger charge is 2.36. The standard InChI is InChI=1S/C8H14N2O2/c11-8(12)10-6-2-1-3-7(10)5-9-4-6/h6-7,9H,1-5H2,(H,11,12). The molecular formula is C8H14N2O2. The molecule has 2 heterocycles. The molecular weight excluding hydrogens is 156 g/mol. The summed E-state index contributed by atoms with van der Waals surface area (Å²) >= 11 is 0. The molecule has 2 atom stereocenters. The SMILES string of the molecule is O=C(O)N1C2CCCC1CNC2. The van der Waals surface area contributed by atoms with Crippen LogP contribution in [0.15, 0.2) is 0 Å². The maximum Gasteiger partial charge on any atom is 0.407 e. The number of carboxylic acid groups (broad SMARTS) is 1. The van der Waals surface area contributed by atoms with Gasteiger partial charge in [0.15, 0.2) is 0 Å². The number of hydrogen-bond acceptors (Lipinski definition) is 2. The Morgan fingerprint density at radius 2 is 1.92 bits per heavy atom. The van der Waals surface area contributed by atoms with E-state index in [4.69, 9.17) is 5.11 Å². The molecule has 2 bridgehead atoms. The molecule has 0 aromatic rings. The van der Waals surface area contributed by atoms with Crippen LogP contribution in [-0.4, -0.2) is 41.3 Å². The van der Waals surface area contributed by atoms with Crippen LogP contribution in [0.2, 0.25) is 0 Å². The van der Waals surface area contributed by atoms with Gasteiger partial charge in [-0.2, -0.15) is 0 Å². The topological polar surface area (TPSA) is 52.6 Å². The number of fused-ring (bicyclic) bond motifs is 2. The van der Waals surface area contributed by atoms with Crippen molar-refractivity contribution in [3.8, 4) is 0 Å². The predicted octanol–water partition coefficient (Wildman–Crippen LogP) is 0.491. The van der Waals surface area contributed by atoms with Crippen LogP contribution in [0, 0.1) is 0 Å². The first-order valence-corrected chi connectivity index (χ1v) is 4.51. The minimum Gasteiger partial charge on any atom is -0.465 e.